The third-order valence-corrected chi connectivity index (χ3v) is 5.06. The fourth-order valence-electron chi connectivity index (χ4n) is 3.71. The van der Waals surface area contributed by atoms with Crippen LogP contribution in [0.25, 0.3) is 0 Å². The molecule has 0 aliphatic carbocycles. The van der Waals surface area contributed by atoms with Gasteiger partial charge in [0.15, 0.2) is 0 Å². The third kappa shape index (κ3) is 3.78. The minimum absolute atomic E-state index is 0.0127. The van der Waals surface area contributed by atoms with Gasteiger partial charge in [-0.05, 0) is 36.3 Å². The minimum Gasteiger partial charge on any atom is -0.458 e. The molecule has 2 aliphatic rings. The predicted molar refractivity (Wildman–Crippen MR) is 100 cm³/mol. The van der Waals surface area contributed by atoms with E-state index in [0.29, 0.717) is 11.1 Å². The summed E-state index contributed by atoms with van der Waals surface area (Å²) in [6.45, 7) is 1.88. The van der Waals surface area contributed by atoms with Crippen molar-refractivity contribution in [1.82, 2.24) is 4.90 Å². The van der Waals surface area contributed by atoms with Gasteiger partial charge in [0.05, 0.1) is 17.2 Å². The van der Waals surface area contributed by atoms with E-state index in [-0.39, 0.29) is 30.7 Å². The molecule has 2 atom stereocenters. The second kappa shape index (κ2) is 7.76. The Bertz CT molecular complexity index is 847. The van der Waals surface area contributed by atoms with Crippen molar-refractivity contribution < 1.29 is 19.1 Å². The van der Waals surface area contributed by atoms with Gasteiger partial charge in [-0.1, -0.05) is 42.5 Å². The van der Waals surface area contributed by atoms with Crippen molar-refractivity contribution >= 4 is 11.9 Å². The van der Waals surface area contributed by atoms with E-state index < -0.39 is 0 Å². The van der Waals surface area contributed by atoms with Crippen molar-refractivity contribution in [2.75, 3.05) is 19.7 Å². The zero-order chi connectivity index (χ0) is 18.6. The summed E-state index contributed by atoms with van der Waals surface area (Å²) in [5, 5.41) is 0. The molecule has 0 N–H and O–H groups in total. The molecule has 138 valence electrons. The van der Waals surface area contributed by atoms with Crippen molar-refractivity contribution in [1.29, 1.82) is 0 Å². The molecular formula is C22H21NO4. The highest BCUT2D eigenvalue weighted by Crippen LogP contribution is 2.31. The molecule has 0 saturated carbocycles. The molecule has 2 aliphatic heterocycles. The molecule has 5 heteroatoms. The summed E-state index contributed by atoms with van der Waals surface area (Å²) in [4.78, 5) is 26.8. The van der Waals surface area contributed by atoms with Crippen LogP contribution in [0.15, 0.2) is 72.3 Å². The molecule has 0 radical (unpaired) electrons. The first kappa shape index (κ1) is 17.5. The summed E-state index contributed by atoms with van der Waals surface area (Å²) >= 11 is 0. The van der Waals surface area contributed by atoms with Gasteiger partial charge in [0.1, 0.15) is 12.7 Å². The highest BCUT2D eigenvalue weighted by atomic mass is 16.5. The normalized spacial score (nSPS) is 21.4. The van der Waals surface area contributed by atoms with Crippen molar-refractivity contribution in [2.24, 2.45) is 0 Å². The van der Waals surface area contributed by atoms with Crippen LogP contribution in [0.4, 0.5) is 0 Å². The van der Waals surface area contributed by atoms with E-state index >= 15 is 0 Å². The lowest BCUT2D eigenvalue weighted by Gasteiger charge is -2.24. The summed E-state index contributed by atoms with van der Waals surface area (Å²) in [5.41, 5.74) is 2.09. The van der Waals surface area contributed by atoms with E-state index in [9.17, 15) is 9.59 Å². The van der Waals surface area contributed by atoms with Gasteiger partial charge in [-0.15, -0.1) is 0 Å². The average molecular weight is 363 g/mol. The summed E-state index contributed by atoms with van der Waals surface area (Å²) in [6.07, 6.45) is 2.64. The molecule has 27 heavy (non-hydrogen) atoms. The highest BCUT2D eigenvalue weighted by molar-refractivity contribution is 5.90. The van der Waals surface area contributed by atoms with Gasteiger partial charge in [-0.25, -0.2) is 9.59 Å². The summed E-state index contributed by atoms with van der Waals surface area (Å²) < 4.78 is 11.3. The Hall–Kier alpha value is -2.92. The van der Waals surface area contributed by atoms with Gasteiger partial charge < -0.3 is 9.47 Å². The Morgan fingerprint density at radius 3 is 2.22 bits per heavy atom. The molecule has 5 nitrogen and oxygen atoms in total. The molecule has 1 fully saturated rings. The van der Waals surface area contributed by atoms with E-state index in [0.717, 1.165) is 25.1 Å². The minimum atomic E-state index is -0.342. The summed E-state index contributed by atoms with van der Waals surface area (Å²) in [7, 11) is 0. The number of hydrogen-bond acceptors (Lipinski definition) is 5. The number of carbonyl (C=O) groups excluding carboxylic acids is 2. The van der Waals surface area contributed by atoms with Gasteiger partial charge >= 0.3 is 11.9 Å². The maximum atomic E-state index is 12.4. The fourth-order valence-corrected chi connectivity index (χ4v) is 3.71. The Labute approximate surface area is 158 Å². The molecule has 4 rings (SSSR count). The molecule has 1 saturated heterocycles. The monoisotopic (exact) mass is 363 g/mol. The molecule has 0 amide bonds. The van der Waals surface area contributed by atoms with Crippen LogP contribution < -0.4 is 0 Å². The largest absolute Gasteiger partial charge is 0.458 e. The first-order valence-electron chi connectivity index (χ1n) is 9.13. The van der Waals surface area contributed by atoms with Crippen LogP contribution in [0.1, 0.15) is 27.1 Å². The molecule has 2 aromatic carbocycles. The van der Waals surface area contributed by atoms with Gasteiger partial charge in [0, 0.05) is 13.1 Å². The second-order valence-corrected chi connectivity index (χ2v) is 6.76. The van der Waals surface area contributed by atoms with Crippen LogP contribution in [-0.2, 0) is 9.47 Å². The zero-order valence-corrected chi connectivity index (χ0v) is 14.9. The van der Waals surface area contributed by atoms with Crippen molar-refractivity contribution in [2.45, 2.75) is 18.6 Å². The smallest absolute Gasteiger partial charge is 0.338 e. The SMILES string of the molecule is O=C(OCC1=CCN2CCC(OC(=O)c3ccccc3)C12)c1ccccc1. The summed E-state index contributed by atoms with van der Waals surface area (Å²) in [6, 6.07) is 17.9. The Kier molecular flexibility index (Phi) is 5.03. The molecule has 2 aromatic rings. The first-order valence-corrected chi connectivity index (χ1v) is 9.13. The summed E-state index contributed by atoms with van der Waals surface area (Å²) in [5.74, 6) is -0.652. The van der Waals surface area contributed by atoms with E-state index in [1.54, 1.807) is 24.3 Å². The van der Waals surface area contributed by atoms with Crippen LogP contribution in [0.3, 0.4) is 0 Å². The molecule has 0 aromatic heterocycles. The number of esters is 2. The maximum Gasteiger partial charge on any atom is 0.338 e. The molecule has 2 heterocycles. The van der Waals surface area contributed by atoms with Crippen LogP contribution in [-0.4, -0.2) is 48.7 Å². The average Bonchev–Trinajstić information content (AvgIpc) is 3.30. The lowest BCUT2D eigenvalue weighted by atomic mass is 10.0. The van der Waals surface area contributed by atoms with Crippen molar-refractivity contribution in [3.05, 3.63) is 83.4 Å². The first-order chi connectivity index (χ1) is 13.2. The molecule has 2 unspecified atom stereocenters. The maximum absolute atomic E-state index is 12.4. The molecule has 0 bridgehead atoms. The quantitative estimate of drug-likeness (QED) is 0.604. The van der Waals surface area contributed by atoms with Crippen molar-refractivity contribution in [3.8, 4) is 0 Å². The predicted octanol–water partition coefficient (Wildman–Crippen LogP) is 3.08. The zero-order valence-electron chi connectivity index (χ0n) is 14.9. The third-order valence-electron chi connectivity index (χ3n) is 5.06. The fraction of sp³-hybridized carbons (Fsp3) is 0.273. The number of carbonyl (C=O) groups is 2. The van der Waals surface area contributed by atoms with Gasteiger partial charge in [-0.2, -0.15) is 0 Å². The van der Waals surface area contributed by atoms with Gasteiger partial charge in [0.25, 0.3) is 0 Å². The van der Waals surface area contributed by atoms with E-state index in [1.165, 1.54) is 0 Å². The number of rotatable bonds is 5. The Balaban J connectivity index is 1.38. The second-order valence-electron chi connectivity index (χ2n) is 6.76. The number of benzene rings is 2. The number of nitrogens with zero attached hydrogens (tertiary/aromatic N) is 1. The van der Waals surface area contributed by atoms with Crippen LogP contribution in [0.2, 0.25) is 0 Å². The number of ether oxygens (including phenoxy) is 2. The van der Waals surface area contributed by atoms with Crippen molar-refractivity contribution in [3.63, 3.8) is 0 Å². The topological polar surface area (TPSA) is 55.8 Å². The van der Waals surface area contributed by atoms with E-state index in [2.05, 4.69) is 11.0 Å². The standard InChI is InChI=1S/C22H21NO4/c24-21(16-7-3-1-4-8-16)26-15-18-11-13-23-14-12-19(20(18)23)27-22(25)17-9-5-2-6-10-17/h1-11,19-20H,12-15H2. The lowest BCUT2D eigenvalue weighted by molar-refractivity contribution is 0.0240. The molecular weight excluding hydrogens is 342 g/mol. The van der Waals surface area contributed by atoms with E-state index in [4.69, 9.17) is 9.47 Å². The Morgan fingerprint density at radius 2 is 1.56 bits per heavy atom. The lowest BCUT2D eigenvalue weighted by Crippen LogP contribution is -2.36. The van der Waals surface area contributed by atoms with E-state index in [1.807, 2.05) is 36.4 Å². The van der Waals surface area contributed by atoms with Gasteiger partial charge in [-0.3, -0.25) is 4.90 Å². The number of hydrogen-bond donors (Lipinski definition) is 0. The molecule has 0 spiro atoms. The van der Waals surface area contributed by atoms with Crippen LogP contribution >= 0.6 is 0 Å². The number of fused-ring (bicyclic) bond motifs is 1. The highest BCUT2D eigenvalue weighted by Gasteiger charge is 2.42. The Morgan fingerprint density at radius 1 is 0.926 bits per heavy atom. The van der Waals surface area contributed by atoms with Gasteiger partial charge in [0.2, 0.25) is 0 Å². The van der Waals surface area contributed by atoms with Crippen LogP contribution in [0, 0.1) is 0 Å². The van der Waals surface area contributed by atoms with Crippen LogP contribution in [0.5, 0.6) is 0 Å².